The van der Waals surface area contributed by atoms with E-state index in [0.29, 0.717) is 31.1 Å². The number of ether oxygens (including phenoxy) is 1. The quantitative estimate of drug-likeness (QED) is 0.708. The number of carbonyl (C=O) groups excluding carboxylic acids is 2. The number of amides is 1. The number of Topliss-reactive ketones (excluding diaryl/α,β-unsaturated/α-hetero) is 1. The smallest absolute Gasteiger partial charge is 0.411 e. The number of hydrogen-bond donors (Lipinski definition) is 1. The molecule has 4 heteroatoms. The van der Waals surface area contributed by atoms with Crippen molar-refractivity contribution in [1.29, 1.82) is 0 Å². The summed E-state index contributed by atoms with van der Waals surface area (Å²) in [7, 11) is 0. The summed E-state index contributed by atoms with van der Waals surface area (Å²) in [6.07, 6.45) is 16.4. The van der Waals surface area contributed by atoms with Crippen molar-refractivity contribution < 1.29 is 14.3 Å². The van der Waals surface area contributed by atoms with E-state index in [-0.39, 0.29) is 18.0 Å². The minimum absolute atomic E-state index is 0.146. The SMILES string of the molecule is CC(C)C1CCC=C(NC(=O)OC2CC=C(C(=O)C3=CC=CCC3)CC2)C1. The molecule has 3 rings (SSSR count). The first-order chi connectivity index (χ1) is 13.0. The van der Waals surface area contributed by atoms with Crippen LogP contribution in [-0.2, 0) is 9.53 Å². The lowest BCUT2D eigenvalue weighted by molar-refractivity contribution is -0.112. The van der Waals surface area contributed by atoms with Crippen LogP contribution in [0.2, 0.25) is 0 Å². The topological polar surface area (TPSA) is 55.4 Å². The van der Waals surface area contributed by atoms with Crippen molar-refractivity contribution in [1.82, 2.24) is 5.32 Å². The van der Waals surface area contributed by atoms with Crippen molar-refractivity contribution in [2.24, 2.45) is 11.8 Å². The Morgan fingerprint density at radius 2 is 1.96 bits per heavy atom. The summed E-state index contributed by atoms with van der Waals surface area (Å²) >= 11 is 0. The largest absolute Gasteiger partial charge is 0.446 e. The van der Waals surface area contributed by atoms with E-state index in [0.717, 1.165) is 42.5 Å². The number of carbonyl (C=O) groups is 2. The van der Waals surface area contributed by atoms with Crippen molar-refractivity contribution in [3.8, 4) is 0 Å². The fourth-order valence-corrected chi connectivity index (χ4v) is 4.04. The lowest BCUT2D eigenvalue weighted by Gasteiger charge is -2.27. The van der Waals surface area contributed by atoms with Crippen molar-refractivity contribution in [2.75, 3.05) is 0 Å². The van der Waals surface area contributed by atoms with Gasteiger partial charge in [-0.2, -0.15) is 0 Å². The minimum Gasteiger partial charge on any atom is -0.446 e. The molecule has 1 amide bonds. The van der Waals surface area contributed by atoms with Gasteiger partial charge in [-0.15, -0.1) is 0 Å². The molecular formula is C23H31NO3. The van der Waals surface area contributed by atoms with Gasteiger partial charge in [0.2, 0.25) is 0 Å². The molecule has 0 aliphatic heterocycles. The third kappa shape index (κ3) is 5.44. The standard InChI is InChI=1S/C23H31NO3/c1-16(2)19-9-6-10-20(15-19)24-23(26)27-21-13-11-18(12-14-21)22(25)17-7-4-3-5-8-17/h3-4,7,10-11,16,19,21H,5-6,8-9,12-15H2,1-2H3,(H,24,26). The Hall–Kier alpha value is -2.10. The normalized spacial score (nSPS) is 25.4. The zero-order valence-corrected chi connectivity index (χ0v) is 16.5. The van der Waals surface area contributed by atoms with Crippen LogP contribution in [0.25, 0.3) is 0 Å². The Labute approximate surface area is 162 Å². The zero-order valence-electron chi connectivity index (χ0n) is 16.5. The Kier molecular flexibility index (Phi) is 6.70. The molecular weight excluding hydrogens is 338 g/mol. The summed E-state index contributed by atoms with van der Waals surface area (Å²) < 4.78 is 5.59. The highest BCUT2D eigenvalue weighted by molar-refractivity contribution is 6.08. The van der Waals surface area contributed by atoms with Gasteiger partial charge in [0, 0.05) is 17.7 Å². The molecule has 3 aliphatic carbocycles. The molecule has 0 saturated carbocycles. The van der Waals surface area contributed by atoms with Crippen LogP contribution < -0.4 is 5.32 Å². The van der Waals surface area contributed by atoms with Crippen molar-refractivity contribution >= 4 is 11.9 Å². The number of nitrogens with one attached hydrogen (secondary N) is 1. The molecule has 0 aromatic carbocycles. The summed E-state index contributed by atoms with van der Waals surface area (Å²) in [6, 6.07) is 0. The molecule has 0 spiro atoms. The van der Waals surface area contributed by atoms with Crippen LogP contribution in [0.4, 0.5) is 4.79 Å². The first-order valence-electron chi connectivity index (χ1n) is 10.3. The van der Waals surface area contributed by atoms with E-state index in [1.807, 2.05) is 18.2 Å². The second-order valence-electron chi connectivity index (χ2n) is 8.16. The van der Waals surface area contributed by atoms with Crippen molar-refractivity contribution in [3.05, 3.63) is 47.2 Å². The molecule has 0 radical (unpaired) electrons. The maximum Gasteiger partial charge on any atom is 0.411 e. The van der Waals surface area contributed by atoms with Gasteiger partial charge in [0.15, 0.2) is 5.78 Å². The highest BCUT2D eigenvalue weighted by Gasteiger charge is 2.25. The fourth-order valence-electron chi connectivity index (χ4n) is 4.04. The molecule has 4 nitrogen and oxygen atoms in total. The molecule has 146 valence electrons. The van der Waals surface area contributed by atoms with Gasteiger partial charge in [0.25, 0.3) is 0 Å². The first-order valence-corrected chi connectivity index (χ1v) is 10.3. The number of alkyl carbamates (subject to hydrolysis) is 1. The van der Waals surface area contributed by atoms with Gasteiger partial charge < -0.3 is 4.74 Å². The van der Waals surface area contributed by atoms with Crippen LogP contribution in [0.1, 0.15) is 65.2 Å². The highest BCUT2D eigenvalue weighted by atomic mass is 16.6. The Morgan fingerprint density at radius 3 is 2.63 bits per heavy atom. The van der Waals surface area contributed by atoms with Crippen LogP contribution >= 0.6 is 0 Å². The van der Waals surface area contributed by atoms with E-state index in [1.54, 1.807) is 0 Å². The van der Waals surface area contributed by atoms with Crippen LogP contribution in [0.15, 0.2) is 47.2 Å². The molecule has 1 N–H and O–H groups in total. The van der Waals surface area contributed by atoms with Crippen LogP contribution in [-0.4, -0.2) is 18.0 Å². The van der Waals surface area contributed by atoms with E-state index >= 15 is 0 Å². The van der Waals surface area contributed by atoms with Crippen molar-refractivity contribution in [3.63, 3.8) is 0 Å². The number of ketones is 1. The van der Waals surface area contributed by atoms with E-state index in [2.05, 4.69) is 31.3 Å². The minimum atomic E-state index is -0.362. The zero-order chi connectivity index (χ0) is 19.2. The molecule has 0 heterocycles. The van der Waals surface area contributed by atoms with Crippen LogP contribution in [0.5, 0.6) is 0 Å². The predicted molar refractivity (Wildman–Crippen MR) is 107 cm³/mol. The second kappa shape index (κ2) is 9.20. The second-order valence-corrected chi connectivity index (χ2v) is 8.16. The van der Waals surface area contributed by atoms with Gasteiger partial charge in [-0.3, -0.25) is 10.1 Å². The average Bonchev–Trinajstić information content (AvgIpc) is 2.69. The third-order valence-electron chi connectivity index (χ3n) is 5.85. The van der Waals surface area contributed by atoms with Gasteiger partial charge in [-0.05, 0) is 62.4 Å². The molecule has 2 atom stereocenters. The van der Waals surface area contributed by atoms with Gasteiger partial charge in [-0.25, -0.2) is 4.79 Å². The molecule has 2 unspecified atom stereocenters. The maximum absolute atomic E-state index is 12.5. The van der Waals surface area contributed by atoms with E-state index < -0.39 is 0 Å². The fraction of sp³-hybridized carbons (Fsp3) is 0.565. The third-order valence-corrected chi connectivity index (χ3v) is 5.85. The number of allylic oxidation sites excluding steroid dienone is 7. The molecule has 27 heavy (non-hydrogen) atoms. The van der Waals surface area contributed by atoms with Crippen LogP contribution in [0.3, 0.4) is 0 Å². The molecule has 0 saturated heterocycles. The lowest BCUT2D eigenvalue weighted by Crippen LogP contribution is -2.31. The monoisotopic (exact) mass is 369 g/mol. The maximum atomic E-state index is 12.5. The molecule has 0 aromatic heterocycles. The Bertz CT molecular complexity index is 696. The predicted octanol–water partition coefficient (Wildman–Crippen LogP) is 5.38. The summed E-state index contributed by atoms with van der Waals surface area (Å²) in [5, 5.41) is 2.93. The Balaban J connectivity index is 1.47. The molecule has 3 aliphatic rings. The van der Waals surface area contributed by atoms with Gasteiger partial charge >= 0.3 is 6.09 Å². The molecule has 0 bridgehead atoms. The van der Waals surface area contributed by atoms with E-state index in [1.165, 1.54) is 6.42 Å². The van der Waals surface area contributed by atoms with Crippen LogP contribution in [0, 0.1) is 11.8 Å². The van der Waals surface area contributed by atoms with Gasteiger partial charge in [-0.1, -0.05) is 44.2 Å². The summed E-state index contributed by atoms with van der Waals surface area (Å²) in [5.41, 5.74) is 2.75. The molecule has 0 fully saturated rings. The summed E-state index contributed by atoms with van der Waals surface area (Å²) in [6.45, 7) is 4.47. The first kappa shape index (κ1) is 19.7. The summed E-state index contributed by atoms with van der Waals surface area (Å²) in [4.78, 5) is 24.8. The van der Waals surface area contributed by atoms with Gasteiger partial charge in [0.1, 0.15) is 6.10 Å². The van der Waals surface area contributed by atoms with E-state index in [4.69, 9.17) is 4.74 Å². The molecule has 0 aromatic rings. The lowest BCUT2D eigenvalue weighted by atomic mass is 9.84. The number of hydrogen-bond acceptors (Lipinski definition) is 3. The highest BCUT2D eigenvalue weighted by Crippen LogP contribution is 2.29. The van der Waals surface area contributed by atoms with Crippen molar-refractivity contribution in [2.45, 2.75) is 71.3 Å². The Morgan fingerprint density at radius 1 is 1.11 bits per heavy atom. The summed E-state index contributed by atoms with van der Waals surface area (Å²) in [5.74, 6) is 1.41. The van der Waals surface area contributed by atoms with Gasteiger partial charge in [0.05, 0.1) is 0 Å². The number of rotatable bonds is 5. The van der Waals surface area contributed by atoms with E-state index in [9.17, 15) is 9.59 Å². The average molecular weight is 370 g/mol.